The number of hydrogen-bond donors (Lipinski definition) is 1. The fraction of sp³-hybridized carbons (Fsp3) is 0.281. The van der Waals surface area contributed by atoms with Gasteiger partial charge in [-0.05, 0) is 90.3 Å². The molecule has 6 nitrogen and oxygen atoms in total. The van der Waals surface area contributed by atoms with Crippen LogP contribution >= 0.6 is 0 Å². The smallest absolute Gasteiger partial charge is 0.224 e. The zero-order valence-corrected chi connectivity index (χ0v) is 23.1. The standard InChI is InChI=1S/C32H35FN2O4/c1-21-26(15-23-16-29(37-4)32(30(17-23)38-5)39-14-13-35(2)3)25-12-11-24(33)18-28(25)27(21)19-31(36)34-20-22-9-7-6-8-10-22/h6-12,15-18H,13-14,19-20H2,1-5H3,(H,34,36)/b26-15-. The first-order valence-corrected chi connectivity index (χ1v) is 12.9. The van der Waals surface area contributed by atoms with E-state index in [0.29, 0.717) is 30.4 Å². The van der Waals surface area contributed by atoms with Crippen LogP contribution in [0.15, 0.2) is 66.2 Å². The van der Waals surface area contributed by atoms with E-state index in [-0.39, 0.29) is 18.1 Å². The molecule has 3 aromatic carbocycles. The van der Waals surface area contributed by atoms with Crippen molar-refractivity contribution >= 4 is 23.1 Å². The number of amides is 1. The van der Waals surface area contributed by atoms with Crippen molar-refractivity contribution in [3.63, 3.8) is 0 Å². The van der Waals surface area contributed by atoms with Crippen LogP contribution in [0.25, 0.3) is 17.2 Å². The first-order valence-electron chi connectivity index (χ1n) is 12.9. The molecule has 0 fully saturated rings. The summed E-state index contributed by atoms with van der Waals surface area (Å²) in [5.41, 5.74) is 6.12. The van der Waals surface area contributed by atoms with Crippen LogP contribution in [0, 0.1) is 5.82 Å². The second kappa shape index (κ2) is 12.6. The Labute approximate surface area is 229 Å². The zero-order valence-electron chi connectivity index (χ0n) is 23.1. The minimum absolute atomic E-state index is 0.118. The van der Waals surface area contributed by atoms with E-state index in [1.807, 2.05) is 74.5 Å². The summed E-state index contributed by atoms with van der Waals surface area (Å²) in [5.74, 6) is 1.19. The number of allylic oxidation sites excluding steroid dienone is 2. The van der Waals surface area contributed by atoms with E-state index in [0.717, 1.165) is 45.5 Å². The van der Waals surface area contributed by atoms with Crippen LogP contribution in [0.1, 0.15) is 35.6 Å². The van der Waals surface area contributed by atoms with Crippen molar-refractivity contribution in [2.45, 2.75) is 19.9 Å². The number of methoxy groups -OCH3 is 2. The molecule has 4 rings (SSSR count). The highest BCUT2D eigenvalue weighted by molar-refractivity contribution is 6.08. The summed E-state index contributed by atoms with van der Waals surface area (Å²) in [5, 5.41) is 2.98. The Morgan fingerprint density at radius 3 is 2.31 bits per heavy atom. The predicted octanol–water partition coefficient (Wildman–Crippen LogP) is 5.82. The van der Waals surface area contributed by atoms with E-state index in [9.17, 15) is 9.18 Å². The van der Waals surface area contributed by atoms with Gasteiger partial charge in [0.15, 0.2) is 11.5 Å². The summed E-state index contributed by atoms with van der Waals surface area (Å²) >= 11 is 0. The molecule has 39 heavy (non-hydrogen) atoms. The molecule has 0 aromatic heterocycles. The van der Waals surface area contributed by atoms with Gasteiger partial charge in [0, 0.05) is 13.1 Å². The molecule has 1 aliphatic rings. The van der Waals surface area contributed by atoms with Gasteiger partial charge in [-0.15, -0.1) is 0 Å². The summed E-state index contributed by atoms with van der Waals surface area (Å²) < 4.78 is 31.6. The van der Waals surface area contributed by atoms with E-state index >= 15 is 0 Å². The Morgan fingerprint density at radius 1 is 0.974 bits per heavy atom. The van der Waals surface area contributed by atoms with Gasteiger partial charge in [-0.2, -0.15) is 0 Å². The Bertz CT molecular complexity index is 1370. The van der Waals surface area contributed by atoms with Gasteiger partial charge in [-0.1, -0.05) is 36.4 Å². The molecule has 0 heterocycles. The Kier molecular flexibility index (Phi) is 9.04. The highest BCUT2D eigenvalue weighted by Gasteiger charge is 2.26. The van der Waals surface area contributed by atoms with Gasteiger partial charge < -0.3 is 24.4 Å². The molecule has 0 unspecified atom stereocenters. The molecular weight excluding hydrogens is 495 g/mol. The molecule has 0 atom stereocenters. The lowest BCUT2D eigenvalue weighted by Gasteiger charge is -2.17. The van der Waals surface area contributed by atoms with E-state index in [4.69, 9.17) is 14.2 Å². The van der Waals surface area contributed by atoms with Crippen LogP contribution < -0.4 is 19.5 Å². The fourth-order valence-corrected chi connectivity index (χ4v) is 4.62. The van der Waals surface area contributed by atoms with Crippen molar-refractivity contribution in [1.82, 2.24) is 10.2 Å². The lowest BCUT2D eigenvalue weighted by atomic mass is 10.00. The SMILES string of the molecule is COc1cc(/C=C2/C(C)=C(CC(=O)NCc3ccccc3)c3cc(F)ccc32)cc(OC)c1OCCN(C)C. The summed E-state index contributed by atoms with van der Waals surface area (Å²) in [6.45, 7) is 3.64. The van der Waals surface area contributed by atoms with Crippen LogP contribution in [0.4, 0.5) is 4.39 Å². The molecule has 0 saturated heterocycles. The maximum absolute atomic E-state index is 14.3. The second-order valence-corrected chi connectivity index (χ2v) is 9.70. The number of carbonyl (C=O) groups is 1. The molecule has 0 spiro atoms. The minimum atomic E-state index is -0.340. The topological polar surface area (TPSA) is 60.0 Å². The lowest BCUT2D eigenvalue weighted by molar-refractivity contribution is -0.120. The van der Waals surface area contributed by atoms with Crippen LogP contribution in [0.3, 0.4) is 0 Å². The number of rotatable bonds is 11. The number of ether oxygens (including phenoxy) is 3. The first kappa shape index (κ1) is 27.9. The van der Waals surface area contributed by atoms with E-state index in [1.165, 1.54) is 12.1 Å². The molecule has 3 aromatic rings. The number of nitrogens with one attached hydrogen (secondary N) is 1. The van der Waals surface area contributed by atoms with Crippen molar-refractivity contribution < 1.29 is 23.4 Å². The quantitative estimate of drug-likeness (QED) is 0.339. The molecule has 204 valence electrons. The third-order valence-corrected chi connectivity index (χ3v) is 6.70. The van der Waals surface area contributed by atoms with Gasteiger partial charge in [0.1, 0.15) is 12.4 Å². The molecule has 0 radical (unpaired) electrons. The van der Waals surface area contributed by atoms with Gasteiger partial charge >= 0.3 is 0 Å². The third-order valence-electron chi connectivity index (χ3n) is 6.70. The van der Waals surface area contributed by atoms with Gasteiger partial charge in [0.05, 0.1) is 20.6 Å². The number of nitrogens with zero attached hydrogens (tertiary/aromatic N) is 1. The van der Waals surface area contributed by atoms with Crippen molar-refractivity contribution in [3.05, 3.63) is 94.3 Å². The molecule has 1 N–H and O–H groups in total. The van der Waals surface area contributed by atoms with Gasteiger partial charge in [-0.3, -0.25) is 4.79 Å². The van der Waals surface area contributed by atoms with Crippen LogP contribution in [0.2, 0.25) is 0 Å². The Morgan fingerprint density at radius 2 is 1.67 bits per heavy atom. The molecule has 1 amide bonds. The van der Waals surface area contributed by atoms with Crippen LogP contribution in [0.5, 0.6) is 17.2 Å². The molecule has 0 aliphatic heterocycles. The molecule has 0 saturated carbocycles. The summed E-state index contributed by atoms with van der Waals surface area (Å²) in [7, 11) is 7.15. The van der Waals surface area contributed by atoms with Crippen molar-refractivity contribution in [2.75, 3.05) is 41.5 Å². The summed E-state index contributed by atoms with van der Waals surface area (Å²) in [4.78, 5) is 14.9. The van der Waals surface area contributed by atoms with Gasteiger partial charge in [0.25, 0.3) is 0 Å². The predicted molar refractivity (Wildman–Crippen MR) is 153 cm³/mol. The largest absolute Gasteiger partial charge is 0.493 e. The third kappa shape index (κ3) is 6.67. The number of fused-ring (bicyclic) bond motifs is 1. The average molecular weight is 531 g/mol. The maximum atomic E-state index is 14.3. The normalized spacial score (nSPS) is 13.6. The molecular formula is C32H35FN2O4. The number of carbonyl (C=O) groups excluding carboxylic acids is 1. The van der Waals surface area contributed by atoms with Gasteiger partial charge in [-0.25, -0.2) is 4.39 Å². The first-order chi connectivity index (χ1) is 18.8. The minimum Gasteiger partial charge on any atom is -0.493 e. The highest BCUT2D eigenvalue weighted by Crippen LogP contribution is 2.45. The maximum Gasteiger partial charge on any atom is 0.224 e. The molecule has 0 bridgehead atoms. The lowest BCUT2D eigenvalue weighted by Crippen LogP contribution is -2.22. The second-order valence-electron chi connectivity index (χ2n) is 9.70. The van der Waals surface area contributed by atoms with Crippen molar-refractivity contribution in [1.29, 1.82) is 0 Å². The summed E-state index contributed by atoms with van der Waals surface area (Å²) in [6.07, 6.45) is 2.16. The van der Waals surface area contributed by atoms with E-state index < -0.39 is 0 Å². The summed E-state index contributed by atoms with van der Waals surface area (Å²) in [6, 6.07) is 18.2. The Hall–Kier alpha value is -4.10. The van der Waals surface area contributed by atoms with Crippen molar-refractivity contribution in [3.8, 4) is 17.2 Å². The number of benzene rings is 3. The van der Waals surface area contributed by atoms with Crippen LogP contribution in [-0.2, 0) is 11.3 Å². The Balaban J connectivity index is 1.65. The highest BCUT2D eigenvalue weighted by atomic mass is 19.1. The number of hydrogen-bond acceptors (Lipinski definition) is 5. The van der Waals surface area contributed by atoms with Crippen molar-refractivity contribution in [2.24, 2.45) is 0 Å². The number of halogens is 1. The molecule has 7 heteroatoms. The molecule has 1 aliphatic carbocycles. The van der Waals surface area contributed by atoms with E-state index in [1.54, 1.807) is 20.3 Å². The van der Waals surface area contributed by atoms with E-state index in [2.05, 4.69) is 5.32 Å². The fourth-order valence-electron chi connectivity index (χ4n) is 4.62. The average Bonchev–Trinajstić information content (AvgIpc) is 3.17. The van der Waals surface area contributed by atoms with Crippen LogP contribution in [-0.4, -0.2) is 52.3 Å². The number of likely N-dealkylation sites (N-methyl/N-ethyl adjacent to an activating group) is 1. The van der Waals surface area contributed by atoms with Gasteiger partial charge in [0.2, 0.25) is 11.7 Å². The monoisotopic (exact) mass is 530 g/mol. The zero-order chi connectivity index (χ0) is 27.9.